The van der Waals surface area contributed by atoms with Crippen molar-refractivity contribution < 1.29 is 4.79 Å². The first-order valence-electron chi connectivity index (χ1n) is 5.90. The van der Waals surface area contributed by atoms with Crippen molar-refractivity contribution in [3.8, 4) is 0 Å². The molecule has 1 rings (SSSR count). The van der Waals surface area contributed by atoms with Gasteiger partial charge in [0.2, 0.25) is 5.91 Å². The number of carbonyl (C=O) groups excluding carboxylic acids is 1. The molecular weight excluding hydrogens is 280 g/mol. The monoisotopic (exact) mass is 298 g/mol. The number of aryl methyl sites for hydroxylation is 1. The van der Waals surface area contributed by atoms with Gasteiger partial charge in [0, 0.05) is 23.1 Å². The van der Waals surface area contributed by atoms with Crippen molar-refractivity contribution in [3.05, 3.63) is 28.2 Å². The van der Waals surface area contributed by atoms with Crippen LogP contribution >= 0.6 is 15.9 Å². The van der Waals surface area contributed by atoms with Gasteiger partial charge in [-0.05, 0) is 37.6 Å². The summed E-state index contributed by atoms with van der Waals surface area (Å²) in [5, 5.41) is 6.08. The third-order valence-corrected chi connectivity index (χ3v) is 3.27. The van der Waals surface area contributed by atoms with Crippen molar-refractivity contribution in [1.29, 1.82) is 0 Å². The van der Waals surface area contributed by atoms with Crippen LogP contribution in [0.1, 0.15) is 25.3 Å². The largest absolute Gasteiger partial charge is 0.326 e. The summed E-state index contributed by atoms with van der Waals surface area (Å²) in [6.07, 6.45) is 1.60. The van der Waals surface area contributed by atoms with Crippen LogP contribution in [-0.4, -0.2) is 19.0 Å². The molecular formula is C13H19BrN2O. The van der Waals surface area contributed by atoms with Gasteiger partial charge in [-0.25, -0.2) is 0 Å². The molecule has 0 aromatic heterocycles. The summed E-state index contributed by atoms with van der Waals surface area (Å²) in [7, 11) is 0. The molecule has 0 aliphatic carbocycles. The van der Waals surface area contributed by atoms with Gasteiger partial charge < -0.3 is 10.6 Å². The third kappa shape index (κ3) is 5.33. The molecule has 0 aliphatic rings. The first kappa shape index (κ1) is 14.2. The lowest BCUT2D eigenvalue weighted by molar-refractivity contribution is -0.116. The van der Waals surface area contributed by atoms with Crippen LogP contribution in [0.3, 0.4) is 0 Å². The summed E-state index contributed by atoms with van der Waals surface area (Å²) in [5.41, 5.74) is 2.00. The molecule has 0 unspecified atom stereocenters. The molecule has 0 fully saturated rings. The lowest BCUT2D eigenvalue weighted by Gasteiger charge is -2.07. The number of hydrogen-bond donors (Lipinski definition) is 2. The second kappa shape index (κ2) is 7.45. The molecule has 0 bridgehead atoms. The molecule has 3 nitrogen and oxygen atoms in total. The number of anilines is 1. The van der Waals surface area contributed by atoms with Crippen molar-refractivity contribution in [2.24, 2.45) is 0 Å². The van der Waals surface area contributed by atoms with E-state index in [9.17, 15) is 4.79 Å². The average molecular weight is 299 g/mol. The van der Waals surface area contributed by atoms with Crippen LogP contribution in [0, 0.1) is 6.92 Å². The second-order valence-corrected chi connectivity index (χ2v) is 4.87. The third-order valence-electron chi connectivity index (χ3n) is 2.41. The molecule has 0 saturated carbocycles. The molecule has 0 atom stereocenters. The fourth-order valence-corrected chi connectivity index (χ4v) is 1.78. The van der Waals surface area contributed by atoms with Gasteiger partial charge in [0.15, 0.2) is 0 Å². The van der Waals surface area contributed by atoms with E-state index in [2.05, 4.69) is 33.5 Å². The highest BCUT2D eigenvalue weighted by Crippen LogP contribution is 2.20. The van der Waals surface area contributed by atoms with E-state index in [0.717, 1.165) is 35.2 Å². The summed E-state index contributed by atoms with van der Waals surface area (Å²) in [4.78, 5) is 11.6. The Morgan fingerprint density at radius 1 is 1.35 bits per heavy atom. The van der Waals surface area contributed by atoms with Gasteiger partial charge in [-0.15, -0.1) is 0 Å². The molecule has 0 aliphatic heterocycles. The lowest BCUT2D eigenvalue weighted by Crippen LogP contribution is -2.22. The van der Waals surface area contributed by atoms with Crippen LogP contribution in [0.5, 0.6) is 0 Å². The van der Waals surface area contributed by atoms with Gasteiger partial charge in [0.25, 0.3) is 0 Å². The Kier molecular flexibility index (Phi) is 6.22. The number of hydrogen-bond acceptors (Lipinski definition) is 2. The lowest BCUT2D eigenvalue weighted by atomic mass is 10.2. The number of carbonyl (C=O) groups is 1. The summed E-state index contributed by atoms with van der Waals surface area (Å²) in [5.74, 6) is 0.0457. The molecule has 2 N–H and O–H groups in total. The molecule has 17 heavy (non-hydrogen) atoms. The maximum absolute atomic E-state index is 11.6. The van der Waals surface area contributed by atoms with Gasteiger partial charge in [-0.1, -0.05) is 28.9 Å². The maximum atomic E-state index is 11.6. The summed E-state index contributed by atoms with van der Waals surface area (Å²) >= 11 is 3.45. The molecule has 1 aromatic carbocycles. The average Bonchev–Trinajstić information content (AvgIpc) is 2.30. The Morgan fingerprint density at radius 3 is 2.76 bits per heavy atom. The SMILES string of the molecule is CCCNCCC(=O)Nc1ccc(C)c(Br)c1. The van der Waals surface area contributed by atoms with Crippen LogP contribution in [0.4, 0.5) is 5.69 Å². The summed E-state index contributed by atoms with van der Waals surface area (Å²) in [6.45, 7) is 5.82. The topological polar surface area (TPSA) is 41.1 Å². The molecule has 1 amide bonds. The standard InChI is InChI=1S/C13H19BrN2O/c1-3-7-15-8-6-13(17)16-11-5-4-10(2)12(14)9-11/h4-5,9,15H,3,6-8H2,1-2H3,(H,16,17). The Hall–Kier alpha value is -0.870. The zero-order valence-electron chi connectivity index (χ0n) is 10.3. The highest BCUT2D eigenvalue weighted by molar-refractivity contribution is 9.10. The Bertz CT molecular complexity index is 380. The first-order chi connectivity index (χ1) is 8.13. The summed E-state index contributed by atoms with van der Waals surface area (Å²) in [6, 6.07) is 5.82. The van der Waals surface area contributed by atoms with Crippen molar-refractivity contribution in [1.82, 2.24) is 5.32 Å². The van der Waals surface area contributed by atoms with Crippen molar-refractivity contribution in [3.63, 3.8) is 0 Å². The van der Waals surface area contributed by atoms with Gasteiger partial charge in [-0.3, -0.25) is 4.79 Å². The highest BCUT2D eigenvalue weighted by Gasteiger charge is 2.03. The van der Waals surface area contributed by atoms with Gasteiger partial charge in [0.1, 0.15) is 0 Å². The van der Waals surface area contributed by atoms with Gasteiger partial charge >= 0.3 is 0 Å². The predicted octanol–water partition coefficient (Wildman–Crippen LogP) is 3.09. The molecule has 0 saturated heterocycles. The Labute approximate surface area is 111 Å². The number of nitrogens with one attached hydrogen (secondary N) is 2. The molecule has 4 heteroatoms. The van der Waals surface area contributed by atoms with Crippen LogP contribution in [0.25, 0.3) is 0 Å². The van der Waals surface area contributed by atoms with Crippen LogP contribution in [0.15, 0.2) is 22.7 Å². The predicted molar refractivity (Wildman–Crippen MR) is 75.3 cm³/mol. The van der Waals surface area contributed by atoms with E-state index >= 15 is 0 Å². The minimum absolute atomic E-state index is 0.0457. The van der Waals surface area contributed by atoms with E-state index in [1.807, 2.05) is 25.1 Å². The number of benzene rings is 1. The first-order valence-corrected chi connectivity index (χ1v) is 6.69. The van der Waals surface area contributed by atoms with Crippen molar-refractivity contribution >= 4 is 27.5 Å². The Balaban J connectivity index is 2.37. The highest BCUT2D eigenvalue weighted by atomic mass is 79.9. The summed E-state index contributed by atoms with van der Waals surface area (Å²) < 4.78 is 1.01. The van der Waals surface area contributed by atoms with E-state index in [1.54, 1.807) is 0 Å². The Morgan fingerprint density at radius 2 is 2.12 bits per heavy atom. The quantitative estimate of drug-likeness (QED) is 0.793. The van der Waals surface area contributed by atoms with E-state index in [1.165, 1.54) is 0 Å². The number of rotatable bonds is 6. The van der Waals surface area contributed by atoms with Gasteiger partial charge in [0.05, 0.1) is 0 Å². The molecule has 0 spiro atoms. The van der Waals surface area contributed by atoms with Crippen molar-refractivity contribution in [2.75, 3.05) is 18.4 Å². The van der Waals surface area contributed by atoms with Crippen LogP contribution < -0.4 is 10.6 Å². The zero-order chi connectivity index (χ0) is 12.7. The fourth-order valence-electron chi connectivity index (χ4n) is 1.40. The molecule has 0 radical (unpaired) electrons. The van der Waals surface area contributed by atoms with E-state index < -0.39 is 0 Å². The van der Waals surface area contributed by atoms with Crippen LogP contribution in [0.2, 0.25) is 0 Å². The molecule has 0 heterocycles. The van der Waals surface area contributed by atoms with E-state index in [4.69, 9.17) is 0 Å². The minimum Gasteiger partial charge on any atom is -0.326 e. The second-order valence-electron chi connectivity index (χ2n) is 4.01. The van der Waals surface area contributed by atoms with Gasteiger partial charge in [-0.2, -0.15) is 0 Å². The number of amides is 1. The van der Waals surface area contributed by atoms with Crippen molar-refractivity contribution in [2.45, 2.75) is 26.7 Å². The smallest absolute Gasteiger partial charge is 0.225 e. The number of halogens is 1. The van der Waals surface area contributed by atoms with E-state index in [0.29, 0.717) is 6.42 Å². The maximum Gasteiger partial charge on any atom is 0.225 e. The molecule has 94 valence electrons. The minimum atomic E-state index is 0.0457. The van der Waals surface area contributed by atoms with Crippen LogP contribution in [-0.2, 0) is 4.79 Å². The zero-order valence-corrected chi connectivity index (χ0v) is 11.9. The fraction of sp³-hybridized carbons (Fsp3) is 0.462. The normalized spacial score (nSPS) is 10.3. The van der Waals surface area contributed by atoms with E-state index in [-0.39, 0.29) is 5.91 Å². The molecule has 1 aromatic rings.